The van der Waals surface area contributed by atoms with E-state index in [2.05, 4.69) is 10.3 Å². The molecule has 0 radical (unpaired) electrons. The lowest BCUT2D eigenvalue weighted by molar-refractivity contribution is -0.152. The number of pyridine rings is 1. The van der Waals surface area contributed by atoms with Gasteiger partial charge in [-0.3, -0.25) is 9.59 Å². The van der Waals surface area contributed by atoms with Gasteiger partial charge in [-0.05, 0) is 50.2 Å². The summed E-state index contributed by atoms with van der Waals surface area (Å²) in [7, 11) is 0. The van der Waals surface area contributed by atoms with Crippen molar-refractivity contribution < 1.29 is 14.3 Å². The summed E-state index contributed by atoms with van der Waals surface area (Å²) in [6.45, 7) is 3.21. The Balaban J connectivity index is 1.89. The molecule has 0 aliphatic rings. The van der Waals surface area contributed by atoms with Crippen LogP contribution < -0.4 is 5.32 Å². The molecule has 0 saturated carbocycles. The monoisotopic (exact) mass is 398 g/mol. The van der Waals surface area contributed by atoms with Crippen LogP contribution >= 0.6 is 35.0 Å². The van der Waals surface area contributed by atoms with Crippen molar-refractivity contribution in [2.75, 3.05) is 5.32 Å². The molecule has 2 atom stereocenters. The standard InChI is InChI=1S/C17H16Cl2N2O3S/c1-10(16(22)21-14-4-3-9-20-15(14)19)24-17(23)11(2)25-13-7-5-12(18)6-8-13/h3-11H,1-2H3,(H,21,22)/t10-,11-/m1/s1. The average molecular weight is 399 g/mol. The molecule has 0 fully saturated rings. The van der Waals surface area contributed by atoms with Gasteiger partial charge in [0.1, 0.15) is 5.25 Å². The van der Waals surface area contributed by atoms with Gasteiger partial charge < -0.3 is 10.1 Å². The van der Waals surface area contributed by atoms with E-state index in [1.807, 2.05) is 12.1 Å². The first-order valence-corrected chi connectivity index (χ1v) is 9.04. The first-order chi connectivity index (χ1) is 11.9. The zero-order valence-corrected chi connectivity index (χ0v) is 15.9. The molecule has 0 saturated heterocycles. The van der Waals surface area contributed by atoms with E-state index in [-0.39, 0.29) is 5.15 Å². The summed E-state index contributed by atoms with van der Waals surface area (Å²) >= 11 is 13.0. The van der Waals surface area contributed by atoms with Crippen molar-refractivity contribution in [3.05, 3.63) is 52.8 Å². The van der Waals surface area contributed by atoms with E-state index in [1.54, 1.807) is 31.2 Å². The summed E-state index contributed by atoms with van der Waals surface area (Å²) in [6.07, 6.45) is 0.550. The number of anilines is 1. The van der Waals surface area contributed by atoms with Gasteiger partial charge >= 0.3 is 5.97 Å². The number of hydrogen-bond donors (Lipinski definition) is 1. The van der Waals surface area contributed by atoms with Gasteiger partial charge in [-0.15, -0.1) is 11.8 Å². The van der Waals surface area contributed by atoms with Crippen LogP contribution in [0.2, 0.25) is 10.2 Å². The second-order valence-electron chi connectivity index (χ2n) is 5.12. The Morgan fingerprint density at radius 1 is 1.16 bits per heavy atom. The van der Waals surface area contributed by atoms with Crippen LogP contribution in [0.25, 0.3) is 0 Å². The molecule has 5 nitrogen and oxygen atoms in total. The number of thioether (sulfide) groups is 1. The number of nitrogens with zero attached hydrogens (tertiary/aromatic N) is 1. The number of ether oxygens (including phenoxy) is 1. The smallest absolute Gasteiger partial charge is 0.319 e. The Bertz CT molecular complexity index is 756. The first kappa shape index (κ1) is 19.6. The van der Waals surface area contributed by atoms with E-state index in [4.69, 9.17) is 27.9 Å². The Kier molecular flexibility index (Phi) is 7.11. The number of esters is 1. The number of rotatable bonds is 6. The van der Waals surface area contributed by atoms with E-state index in [0.29, 0.717) is 10.7 Å². The van der Waals surface area contributed by atoms with Crippen LogP contribution in [0.4, 0.5) is 5.69 Å². The lowest BCUT2D eigenvalue weighted by atomic mass is 10.3. The predicted octanol–water partition coefficient (Wildman–Crippen LogP) is 4.44. The summed E-state index contributed by atoms with van der Waals surface area (Å²) in [5.74, 6) is -0.966. The molecule has 0 aliphatic carbocycles. The molecule has 132 valence electrons. The van der Waals surface area contributed by atoms with Crippen LogP contribution in [0, 0.1) is 0 Å². The number of nitrogens with one attached hydrogen (secondary N) is 1. The van der Waals surface area contributed by atoms with Crippen LogP contribution in [0.5, 0.6) is 0 Å². The van der Waals surface area contributed by atoms with Gasteiger partial charge in [0.2, 0.25) is 0 Å². The quantitative estimate of drug-likeness (QED) is 0.442. The lowest BCUT2D eigenvalue weighted by Crippen LogP contribution is -2.32. The predicted molar refractivity (Wildman–Crippen MR) is 100 cm³/mol. The van der Waals surface area contributed by atoms with Crippen LogP contribution in [0.15, 0.2) is 47.5 Å². The zero-order chi connectivity index (χ0) is 18.4. The molecular formula is C17H16Cl2N2O3S. The van der Waals surface area contributed by atoms with Crippen LogP contribution in [-0.2, 0) is 14.3 Å². The Hall–Kier alpha value is -1.76. The number of carbonyl (C=O) groups excluding carboxylic acids is 2. The van der Waals surface area contributed by atoms with Gasteiger partial charge in [-0.2, -0.15) is 0 Å². The number of hydrogen-bond acceptors (Lipinski definition) is 5. The fraction of sp³-hybridized carbons (Fsp3) is 0.235. The average Bonchev–Trinajstić information content (AvgIpc) is 2.58. The van der Waals surface area contributed by atoms with Crippen LogP contribution in [0.1, 0.15) is 13.8 Å². The summed E-state index contributed by atoms with van der Waals surface area (Å²) in [5, 5.41) is 2.90. The van der Waals surface area contributed by atoms with Crippen molar-refractivity contribution in [1.29, 1.82) is 0 Å². The highest BCUT2D eigenvalue weighted by Gasteiger charge is 2.23. The third kappa shape index (κ3) is 5.92. The normalized spacial score (nSPS) is 13.0. The third-order valence-corrected chi connectivity index (χ3v) is 4.78. The molecule has 1 amide bonds. The lowest BCUT2D eigenvalue weighted by Gasteiger charge is -2.16. The van der Waals surface area contributed by atoms with Crippen molar-refractivity contribution in [2.45, 2.75) is 30.1 Å². The summed E-state index contributed by atoms with van der Waals surface area (Å²) in [6, 6.07) is 10.4. The maximum absolute atomic E-state index is 12.2. The van der Waals surface area contributed by atoms with E-state index < -0.39 is 23.2 Å². The fourth-order valence-electron chi connectivity index (χ4n) is 1.80. The molecule has 0 unspecified atom stereocenters. The van der Waals surface area contributed by atoms with Gasteiger partial charge in [-0.1, -0.05) is 23.2 Å². The molecule has 25 heavy (non-hydrogen) atoms. The van der Waals surface area contributed by atoms with E-state index in [9.17, 15) is 9.59 Å². The number of benzene rings is 1. The molecule has 8 heteroatoms. The SMILES string of the molecule is C[C@@H](OC(=O)[C@@H](C)Sc1ccc(Cl)cc1)C(=O)Nc1cccnc1Cl. The Morgan fingerprint density at radius 2 is 1.84 bits per heavy atom. The molecule has 2 rings (SSSR count). The minimum atomic E-state index is -0.961. The maximum atomic E-state index is 12.2. The largest absolute Gasteiger partial charge is 0.452 e. The minimum Gasteiger partial charge on any atom is -0.452 e. The molecule has 0 aliphatic heterocycles. The van der Waals surface area contributed by atoms with Crippen molar-refractivity contribution in [3.8, 4) is 0 Å². The summed E-state index contributed by atoms with van der Waals surface area (Å²) in [5.41, 5.74) is 0.362. The number of amides is 1. The van der Waals surface area contributed by atoms with E-state index >= 15 is 0 Å². The molecule has 2 aromatic rings. The molecule has 1 N–H and O–H groups in total. The van der Waals surface area contributed by atoms with Crippen LogP contribution in [-0.4, -0.2) is 28.2 Å². The molecule has 0 spiro atoms. The molecular weight excluding hydrogens is 383 g/mol. The maximum Gasteiger partial charge on any atom is 0.319 e. The fourth-order valence-corrected chi connectivity index (χ4v) is 2.95. The van der Waals surface area contributed by atoms with E-state index in [0.717, 1.165) is 4.90 Å². The molecule has 1 heterocycles. The highest BCUT2D eigenvalue weighted by molar-refractivity contribution is 8.00. The van der Waals surface area contributed by atoms with Gasteiger partial charge in [0, 0.05) is 16.1 Å². The minimum absolute atomic E-state index is 0.168. The highest BCUT2D eigenvalue weighted by Crippen LogP contribution is 2.25. The number of aromatic nitrogens is 1. The van der Waals surface area contributed by atoms with Crippen LogP contribution in [0.3, 0.4) is 0 Å². The Labute approximate surface area is 160 Å². The van der Waals surface area contributed by atoms with Crippen molar-refractivity contribution in [3.63, 3.8) is 0 Å². The van der Waals surface area contributed by atoms with Gasteiger partial charge in [0.05, 0.1) is 5.69 Å². The number of carbonyl (C=O) groups is 2. The van der Waals surface area contributed by atoms with Gasteiger partial charge in [0.25, 0.3) is 5.91 Å². The third-order valence-electron chi connectivity index (χ3n) is 3.14. The van der Waals surface area contributed by atoms with Crippen molar-refractivity contribution in [1.82, 2.24) is 4.98 Å². The topological polar surface area (TPSA) is 68.3 Å². The second-order valence-corrected chi connectivity index (χ2v) is 7.33. The zero-order valence-electron chi connectivity index (χ0n) is 13.5. The van der Waals surface area contributed by atoms with Gasteiger partial charge in [0.15, 0.2) is 11.3 Å². The first-order valence-electron chi connectivity index (χ1n) is 7.41. The van der Waals surface area contributed by atoms with Crippen molar-refractivity contribution in [2.24, 2.45) is 0 Å². The van der Waals surface area contributed by atoms with Crippen molar-refractivity contribution >= 4 is 52.5 Å². The molecule has 1 aromatic carbocycles. The molecule has 1 aromatic heterocycles. The van der Waals surface area contributed by atoms with Gasteiger partial charge in [-0.25, -0.2) is 4.98 Å². The summed E-state index contributed by atoms with van der Waals surface area (Å²) in [4.78, 5) is 29.0. The molecule has 0 bridgehead atoms. The number of halogens is 2. The Morgan fingerprint density at radius 3 is 2.48 bits per heavy atom. The highest BCUT2D eigenvalue weighted by atomic mass is 35.5. The second kappa shape index (κ2) is 9.08. The summed E-state index contributed by atoms with van der Waals surface area (Å²) < 4.78 is 5.22. The van der Waals surface area contributed by atoms with E-state index in [1.165, 1.54) is 24.9 Å².